The van der Waals surface area contributed by atoms with Crippen LogP contribution >= 0.6 is 0 Å². The van der Waals surface area contributed by atoms with Crippen molar-refractivity contribution in [1.82, 2.24) is 15.3 Å². The van der Waals surface area contributed by atoms with Gasteiger partial charge in [0.1, 0.15) is 0 Å². The molecule has 1 heterocycles. The Hall–Kier alpha value is -2.55. The molecule has 0 aliphatic carbocycles. The first-order chi connectivity index (χ1) is 11.2. The Morgan fingerprint density at radius 2 is 1.96 bits per heavy atom. The van der Waals surface area contributed by atoms with Gasteiger partial charge < -0.3 is 5.73 Å². The van der Waals surface area contributed by atoms with Crippen LogP contribution in [0.25, 0.3) is 0 Å². The summed E-state index contributed by atoms with van der Waals surface area (Å²) in [6.07, 6.45) is -3.62. The number of nitrogens with zero attached hydrogens (tertiary/aromatic N) is 2. The summed E-state index contributed by atoms with van der Waals surface area (Å²) in [5.41, 5.74) is 7.14. The SMILES string of the molecule is CC(C)ONC(=O)c1ccc(Cn2cc(N)c(C(F)(F)F)n2)cc1. The van der Waals surface area contributed by atoms with Crippen molar-refractivity contribution in [3.05, 3.63) is 47.3 Å². The number of halogens is 3. The predicted molar refractivity (Wildman–Crippen MR) is 80.9 cm³/mol. The first kappa shape index (κ1) is 17.8. The lowest BCUT2D eigenvalue weighted by atomic mass is 10.1. The largest absolute Gasteiger partial charge is 0.437 e. The van der Waals surface area contributed by atoms with Gasteiger partial charge in [-0.1, -0.05) is 12.1 Å². The Bertz CT molecular complexity index is 708. The zero-order valence-corrected chi connectivity index (χ0v) is 13.1. The van der Waals surface area contributed by atoms with Crippen LogP contribution in [0, 0.1) is 0 Å². The number of benzene rings is 1. The summed E-state index contributed by atoms with van der Waals surface area (Å²) in [5.74, 6) is -0.405. The van der Waals surface area contributed by atoms with E-state index in [9.17, 15) is 18.0 Å². The fourth-order valence-corrected chi connectivity index (χ4v) is 1.92. The predicted octanol–water partition coefficient (Wildman–Crippen LogP) is 2.60. The fraction of sp³-hybridized carbons (Fsp3) is 0.333. The molecule has 0 aliphatic rings. The average Bonchev–Trinajstić information content (AvgIpc) is 2.86. The standard InChI is InChI=1S/C15H17F3N4O2/c1-9(2)24-21-14(23)11-5-3-10(4-6-11)7-22-8-12(19)13(20-22)15(16,17)18/h3-6,8-9H,7,19H2,1-2H3,(H,21,23). The van der Waals surface area contributed by atoms with Crippen LogP contribution in [0.3, 0.4) is 0 Å². The molecule has 0 saturated carbocycles. The van der Waals surface area contributed by atoms with Crippen LogP contribution in [-0.2, 0) is 17.6 Å². The third-order valence-corrected chi connectivity index (χ3v) is 3.01. The third kappa shape index (κ3) is 4.48. The van der Waals surface area contributed by atoms with E-state index in [1.54, 1.807) is 38.1 Å². The molecule has 1 aromatic carbocycles. The summed E-state index contributed by atoms with van der Waals surface area (Å²) < 4.78 is 39.1. The van der Waals surface area contributed by atoms with E-state index in [2.05, 4.69) is 10.6 Å². The van der Waals surface area contributed by atoms with Crippen LogP contribution in [0.4, 0.5) is 18.9 Å². The smallest absolute Gasteiger partial charge is 0.396 e. The van der Waals surface area contributed by atoms with Crippen molar-refractivity contribution in [1.29, 1.82) is 0 Å². The molecule has 0 bridgehead atoms. The number of hydrogen-bond acceptors (Lipinski definition) is 4. The number of aromatic nitrogens is 2. The van der Waals surface area contributed by atoms with Crippen molar-refractivity contribution < 1.29 is 22.8 Å². The van der Waals surface area contributed by atoms with Crippen molar-refractivity contribution in [3.8, 4) is 0 Å². The molecular weight excluding hydrogens is 325 g/mol. The van der Waals surface area contributed by atoms with Crippen molar-refractivity contribution in [2.24, 2.45) is 0 Å². The highest BCUT2D eigenvalue weighted by atomic mass is 19.4. The molecule has 0 radical (unpaired) electrons. The quantitative estimate of drug-likeness (QED) is 0.819. The summed E-state index contributed by atoms with van der Waals surface area (Å²) in [4.78, 5) is 16.8. The Balaban J connectivity index is 2.05. The van der Waals surface area contributed by atoms with Gasteiger partial charge in [0.15, 0.2) is 5.69 Å². The summed E-state index contributed by atoms with van der Waals surface area (Å²) in [6.45, 7) is 3.65. The van der Waals surface area contributed by atoms with Crippen LogP contribution in [0.1, 0.15) is 35.5 Å². The van der Waals surface area contributed by atoms with Gasteiger partial charge >= 0.3 is 6.18 Å². The number of amides is 1. The molecule has 130 valence electrons. The topological polar surface area (TPSA) is 82.2 Å². The molecule has 2 aromatic rings. The van der Waals surface area contributed by atoms with Gasteiger partial charge in [0.2, 0.25) is 0 Å². The van der Waals surface area contributed by atoms with Gasteiger partial charge in [-0.25, -0.2) is 5.48 Å². The van der Waals surface area contributed by atoms with Gasteiger partial charge in [-0.2, -0.15) is 18.3 Å². The van der Waals surface area contributed by atoms with Crippen LogP contribution in [0.5, 0.6) is 0 Å². The maximum absolute atomic E-state index is 12.7. The zero-order chi connectivity index (χ0) is 17.9. The van der Waals surface area contributed by atoms with E-state index < -0.39 is 23.5 Å². The van der Waals surface area contributed by atoms with Gasteiger partial charge in [0, 0.05) is 11.8 Å². The first-order valence-corrected chi connectivity index (χ1v) is 7.12. The number of hydroxylamine groups is 1. The molecule has 6 nitrogen and oxygen atoms in total. The summed E-state index contributed by atoms with van der Waals surface area (Å²) >= 11 is 0. The number of alkyl halides is 3. The minimum absolute atomic E-state index is 0.102. The molecule has 0 unspecified atom stereocenters. The lowest BCUT2D eigenvalue weighted by Crippen LogP contribution is -2.26. The van der Waals surface area contributed by atoms with Crippen molar-refractivity contribution in [3.63, 3.8) is 0 Å². The van der Waals surface area contributed by atoms with Crippen LogP contribution in [-0.4, -0.2) is 21.8 Å². The average molecular weight is 342 g/mol. The number of rotatable bonds is 5. The van der Waals surface area contributed by atoms with Crippen LogP contribution < -0.4 is 11.2 Å². The van der Waals surface area contributed by atoms with E-state index in [1.807, 2.05) is 0 Å². The lowest BCUT2D eigenvalue weighted by molar-refractivity contribution is -0.140. The molecule has 9 heteroatoms. The second kappa shape index (κ2) is 6.91. The van der Waals surface area contributed by atoms with Gasteiger partial charge in [-0.3, -0.25) is 14.3 Å². The van der Waals surface area contributed by atoms with Crippen molar-refractivity contribution in [2.45, 2.75) is 32.7 Å². The minimum Gasteiger partial charge on any atom is -0.396 e. The van der Waals surface area contributed by atoms with Gasteiger partial charge in [-0.05, 0) is 31.5 Å². The number of carbonyl (C=O) groups is 1. The maximum Gasteiger partial charge on any atom is 0.437 e. The number of anilines is 1. The molecule has 1 aromatic heterocycles. The van der Waals surface area contributed by atoms with E-state index >= 15 is 0 Å². The second-order valence-electron chi connectivity index (χ2n) is 5.42. The monoisotopic (exact) mass is 342 g/mol. The highest BCUT2D eigenvalue weighted by Crippen LogP contribution is 2.31. The second-order valence-corrected chi connectivity index (χ2v) is 5.42. The number of nitrogens with one attached hydrogen (secondary N) is 1. The van der Waals surface area contributed by atoms with E-state index in [-0.39, 0.29) is 12.6 Å². The maximum atomic E-state index is 12.7. The number of nitrogen functional groups attached to an aromatic ring is 1. The Kier molecular flexibility index (Phi) is 5.13. The molecule has 2 rings (SSSR count). The molecule has 0 spiro atoms. The first-order valence-electron chi connectivity index (χ1n) is 7.12. The number of hydrogen-bond donors (Lipinski definition) is 2. The zero-order valence-electron chi connectivity index (χ0n) is 13.1. The molecule has 0 fully saturated rings. The third-order valence-electron chi connectivity index (χ3n) is 3.01. The Morgan fingerprint density at radius 3 is 2.46 bits per heavy atom. The molecule has 24 heavy (non-hydrogen) atoms. The summed E-state index contributed by atoms with van der Waals surface area (Å²) in [5, 5.41) is 3.45. The van der Waals surface area contributed by atoms with Gasteiger partial charge in [0.25, 0.3) is 5.91 Å². The van der Waals surface area contributed by atoms with Crippen molar-refractivity contribution >= 4 is 11.6 Å². The van der Waals surface area contributed by atoms with Crippen molar-refractivity contribution in [2.75, 3.05) is 5.73 Å². The molecule has 0 atom stereocenters. The number of nitrogens with two attached hydrogens (primary N) is 1. The normalized spacial score (nSPS) is 11.8. The van der Waals surface area contributed by atoms with E-state index in [0.29, 0.717) is 11.1 Å². The van der Waals surface area contributed by atoms with Crippen LogP contribution in [0.2, 0.25) is 0 Å². The summed E-state index contributed by atoms with van der Waals surface area (Å²) in [7, 11) is 0. The lowest BCUT2D eigenvalue weighted by Gasteiger charge is -2.09. The molecule has 0 saturated heterocycles. The van der Waals surface area contributed by atoms with E-state index in [1.165, 1.54) is 0 Å². The van der Waals surface area contributed by atoms with Gasteiger partial charge in [-0.15, -0.1) is 0 Å². The molecule has 3 N–H and O–H groups in total. The van der Waals surface area contributed by atoms with E-state index in [0.717, 1.165) is 10.9 Å². The summed E-state index contributed by atoms with van der Waals surface area (Å²) in [6, 6.07) is 6.34. The highest BCUT2D eigenvalue weighted by Gasteiger charge is 2.36. The van der Waals surface area contributed by atoms with Gasteiger partial charge in [0.05, 0.1) is 18.3 Å². The highest BCUT2D eigenvalue weighted by molar-refractivity contribution is 5.93. The van der Waals surface area contributed by atoms with E-state index in [4.69, 9.17) is 10.6 Å². The van der Waals surface area contributed by atoms with Crippen LogP contribution in [0.15, 0.2) is 30.5 Å². The molecule has 1 amide bonds. The fourth-order valence-electron chi connectivity index (χ4n) is 1.92. The Labute approximate surface area is 136 Å². The number of carbonyl (C=O) groups excluding carboxylic acids is 1. The molecular formula is C15H17F3N4O2. The molecule has 0 aliphatic heterocycles. The minimum atomic E-state index is -4.59. The Morgan fingerprint density at radius 1 is 1.33 bits per heavy atom.